The van der Waals surface area contributed by atoms with Gasteiger partial charge in [-0.2, -0.15) is 5.10 Å². The number of rotatable bonds is 3. The Morgan fingerprint density at radius 1 is 1.14 bits per heavy atom. The zero-order chi connectivity index (χ0) is 26.1. The Labute approximate surface area is 218 Å². The van der Waals surface area contributed by atoms with Gasteiger partial charge in [0.1, 0.15) is 12.0 Å². The highest BCUT2D eigenvalue weighted by atomic mass is 35.5. The van der Waals surface area contributed by atoms with Crippen LogP contribution < -0.4 is 16.0 Å². The molecule has 1 amide bonds. The summed E-state index contributed by atoms with van der Waals surface area (Å²) in [5.74, 6) is 0.288. The van der Waals surface area contributed by atoms with Gasteiger partial charge in [-0.25, -0.2) is 4.99 Å². The fourth-order valence-electron chi connectivity index (χ4n) is 3.71. The fourth-order valence-corrected chi connectivity index (χ4v) is 3.81. The van der Waals surface area contributed by atoms with Crippen molar-refractivity contribution in [2.45, 2.75) is 39.8 Å². The van der Waals surface area contributed by atoms with Gasteiger partial charge >= 0.3 is 0 Å². The highest BCUT2D eigenvalue weighted by Crippen LogP contribution is 2.24. The molecule has 2 heterocycles. The largest absolute Gasteiger partial charge is 0.364 e. The van der Waals surface area contributed by atoms with Crippen molar-refractivity contribution in [1.82, 2.24) is 9.78 Å². The minimum Gasteiger partial charge on any atom is -0.364 e. The van der Waals surface area contributed by atoms with Crippen LogP contribution in [0.25, 0.3) is 0 Å². The summed E-state index contributed by atoms with van der Waals surface area (Å²) in [6.07, 6.45) is 6.76. The molecule has 0 fully saturated rings. The van der Waals surface area contributed by atoms with Crippen LogP contribution in [0.2, 0.25) is 0 Å². The van der Waals surface area contributed by atoms with Gasteiger partial charge in [0.25, 0.3) is 5.91 Å². The molecule has 1 unspecified atom stereocenters. The number of carbonyl (C=O) groups excluding carboxylic acids is 1. The monoisotopic (exact) mass is 504 g/mol. The maximum atomic E-state index is 12.7. The molecule has 0 saturated carbocycles. The summed E-state index contributed by atoms with van der Waals surface area (Å²) < 4.78 is 1.60. The minimum atomic E-state index is -0.262. The molecule has 0 aliphatic carbocycles. The van der Waals surface area contributed by atoms with E-state index < -0.39 is 0 Å². The quantitative estimate of drug-likeness (QED) is 0.362. The molecule has 0 saturated heterocycles. The predicted molar refractivity (Wildman–Crippen MR) is 151 cm³/mol. The first kappa shape index (κ1) is 26.8. The van der Waals surface area contributed by atoms with E-state index in [4.69, 9.17) is 16.6 Å². The highest BCUT2D eigenvalue weighted by molar-refractivity contribution is 6.45. The normalized spacial score (nSPS) is 16.8. The van der Waals surface area contributed by atoms with Crippen LogP contribution >= 0.6 is 11.6 Å². The van der Waals surface area contributed by atoms with Crippen molar-refractivity contribution in [2.24, 2.45) is 12.0 Å². The topological polar surface area (TPSA) is 83.3 Å². The van der Waals surface area contributed by atoms with Crippen LogP contribution in [0.15, 0.2) is 83.5 Å². The molecule has 1 atom stereocenters. The zero-order valence-corrected chi connectivity index (χ0v) is 21.9. The van der Waals surface area contributed by atoms with Crippen LogP contribution in [0.4, 0.5) is 17.1 Å². The SMILES string of the molecule is C/C=C(Cl)\C1=N/C(C)Nc2cccc(c2)CCc2cc(NC(=O)c3ccn(C)n3)cc(c2)N1.C=CC. The number of nitrogens with zero attached hydrogens (tertiary/aromatic N) is 3. The summed E-state index contributed by atoms with van der Waals surface area (Å²) in [4.78, 5) is 17.4. The fraction of sp³-hybridized carbons (Fsp3) is 0.250. The lowest BCUT2D eigenvalue weighted by Crippen LogP contribution is -2.20. The van der Waals surface area contributed by atoms with E-state index in [9.17, 15) is 4.79 Å². The van der Waals surface area contributed by atoms with Gasteiger partial charge in [0.2, 0.25) is 0 Å². The lowest BCUT2D eigenvalue weighted by molar-refractivity contribution is 0.102. The van der Waals surface area contributed by atoms with E-state index in [-0.39, 0.29) is 12.1 Å². The minimum absolute atomic E-state index is 0.205. The number of aromatic nitrogens is 2. The van der Waals surface area contributed by atoms with Crippen molar-refractivity contribution in [3.05, 3.63) is 95.3 Å². The molecule has 4 rings (SSSR count). The van der Waals surface area contributed by atoms with E-state index in [1.807, 2.05) is 45.0 Å². The Bertz CT molecular complexity index is 1280. The summed E-state index contributed by atoms with van der Waals surface area (Å²) in [7, 11) is 1.78. The number of hydrogen-bond donors (Lipinski definition) is 3. The number of nitrogens with one attached hydrogen (secondary N) is 3. The number of anilines is 3. The second-order valence-electron chi connectivity index (χ2n) is 8.42. The van der Waals surface area contributed by atoms with Crippen LogP contribution in [-0.2, 0) is 19.9 Å². The molecule has 0 spiro atoms. The molecule has 1 aliphatic rings. The summed E-state index contributed by atoms with van der Waals surface area (Å²) in [6.45, 7) is 9.09. The average Bonchev–Trinajstić information content (AvgIpc) is 3.28. The van der Waals surface area contributed by atoms with Gasteiger partial charge in [-0.05, 0) is 81.1 Å². The number of carbonyl (C=O) groups is 1. The molecule has 7 nitrogen and oxygen atoms in total. The van der Waals surface area contributed by atoms with Crippen LogP contribution in [0.1, 0.15) is 42.4 Å². The van der Waals surface area contributed by atoms with Crippen LogP contribution in [0.5, 0.6) is 0 Å². The van der Waals surface area contributed by atoms with Crippen molar-refractivity contribution < 1.29 is 4.79 Å². The number of amides is 1. The Morgan fingerprint density at radius 2 is 1.86 bits per heavy atom. The smallest absolute Gasteiger partial charge is 0.276 e. The van der Waals surface area contributed by atoms with Gasteiger partial charge in [0, 0.05) is 30.3 Å². The Balaban J connectivity index is 0.00000115. The lowest BCUT2D eigenvalue weighted by atomic mass is 10.0. The van der Waals surface area contributed by atoms with Crippen LogP contribution in [0.3, 0.4) is 0 Å². The van der Waals surface area contributed by atoms with Crippen molar-refractivity contribution in [1.29, 1.82) is 0 Å². The van der Waals surface area contributed by atoms with Crippen molar-refractivity contribution in [2.75, 3.05) is 16.0 Å². The summed E-state index contributed by atoms with van der Waals surface area (Å²) in [5, 5.41) is 14.4. The number of benzene rings is 2. The van der Waals surface area contributed by atoms with Crippen molar-refractivity contribution in [3.63, 3.8) is 0 Å². The first-order chi connectivity index (χ1) is 17.3. The molecule has 3 N–H and O–H groups in total. The Morgan fingerprint density at radius 3 is 2.56 bits per heavy atom. The average molecular weight is 505 g/mol. The molecular formula is C28H33ClN6O. The molecular weight excluding hydrogens is 472 g/mol. The maximum Gasteiger partial charge on any atom is 0.276 e. The second kappa shape index (κ2) is 12.7. The predicted octanol–water partition coefficient (Wildman–Crippen LogP) is 6.37. The van der Waals surface area contributed by atoms with Crippen molar-refractivity contribution >= 4 is 40.4 Å². The molecule has 188 valence electrons. The van der Waals surface area contributed by atoms with E-state index in [2.05, 4.69) is 45.8 Å². The van der Waals surface area contributed by atoms with Crippen molar-refractivity contribution in [3.8, 4) is 0 Å². The van der Waals surface area contributed by atoms with Crippen LogP contribution in [0, 0.1) is 0 Å². The molecule has 36 heavy (non-hydrogen) atoms. The first-order valence-electron chi connectivity index (χ1n) is 11.9. The van der Waals surface area contributed by atoms with E-state index in [1.165, 1.54) is 5.56 Å². The summed E-state index contributed by atoms with van der Waals surface area (Å²) in [5.41, 5.74) is 5.14. The molecule has 1 aromatic heterocycles. The van der Waals surface area contributed by atoms with Gasteiger partial charge in [-0.3, -0.25) is 9.48 Å². The third kappa shape index (κ3) is 7.58. The standard InChI is InChI=1S/C25H27ClN6O.C3H6/c1-4-22(26)24-28-16(2)27-19-7-5-6-17(12-19)8-9-18-13-20(29-24)15-21(14-18)30-25(33)23-10-11-32(3)31-23;1-3-2/h4-7,10-16,27H,8-9H2,1-3H3,(H,28,29)(H,30,33);3H,1H2,2H3/b22-4+;. The summed E-state index contributed by atoms with van der Waals surface area (Å²) in [6, 6.07) is 15.9. The highest BCUT2D eigenvalue weighted by Gasteiger charge is 2.14. The van der Waals surface area contributed by atoms with Gasteiger partial charge in [-0.15, -0.1) is 6.58 Å². The number of fused-ring (bicyclic) bond motifs is 4. The molecule has 4 bridgehead atoms. The van der Waals surface area contributed by atoms with Gasteiger partial charge in [-0.1, -0.05) is 35.9 Å². The maximum absolute atomic E-state index is 12.7. The molecule has 2 aromatic carbocycles. The van der Waals surface area contributed by atoms with E-state index in [0.717, 1.165) is 29.8 Å². The van der Waals surface area contributed by atoms with E-state index >= 15 is 0 Å². The third-order valence-corrected chi connectivity index (χ3v) is 5.66. The summed E-state index contributed by atoms with van der Waals surface area (Å²) >= 11 is 6.48. The second-order valence-corrected chi connectivity index (χ2v) is 8.82. The number of amidine groups is 1. The number of halogens is 1. The van der Waals surface area contributed by atoms with E-state index in [1.54, 1.807) is 36.1 Å². The Kier molecular flexibility index (Phi) is 9.47. The number of hydrogen-bond acceptors (Lipinski definition) is 5. The molecule has 3 aromatic rings. The number of aryl methyl sites for hydroxylation is 3. The van der Waals surface area contributed by atoms with Gasteiger partial charge in [0.05, 0.1) is 5.03 Å². The third-order valence-electron chi connectivity index (χ3n) is 5.27. The van der Waals surface area contributed by atoms with Crippen LogP contribution in [-0.4, -0.2) is 27.7 Å². The zero-order valence-electron chi connectivity index (χ0n) is 21.2. The first-order valence-corrected chi connectivity index (χ1v) is 12.2. The lowest BCUT2D eigenvalue weighted by Gasteiger charge is -2.16. The Hall–Kier alpha value is -3.84. The van der Waals surface area contributed by atoms with Gasteiger partial charge in [0.15, 0.2) is 5.69 Å². The number of aliphatic imine (C=N–C) groups is 1. The molecule has 8 heteroatoms. The van der Waals surface area contributed by atoms with Gasteiger partial charge < -0.3 is 16.0 Å². The molecule has 1 aliphatic heterocycles. The molecule has 0 radical (unpaired) electrons. The number of allylic oxidation sites excluding steroid dienone is 2. The van der Waals surface area contributed by atoms with E-state index in [0.29, 0.717) is 22.2 Å².